The number of hydrogen-bond donors (Lipinski definition) is 2. The Hall–Kier alpha value is -1.22. The molecular formula is C11H17N3. The predicted molar refractivity (Wildman–Crippen MR) is 60.7 cm³/mol. The Balaban J connectivity index is 2.71. The van der Waals surface area contributed by atoms with Crippen LogP contribution in [0.3, 0.4) is 0 Å². The van der Waals surface area contributed by atoms with E-state index in [2.05, 4.69) is 0 Å². The van der Waals surface area contributed by atoms with Crippen molar-refractivity contribution in [1.29, 1.82) is 0 Å². The van der Waals surface area contributed by atoms with E-state index >= 15 is 0 Å². The summed E-state index contributed by atoms with van der Waals surface area (Å²) in [5.41, 5.74) is 6.55. The molecule has 3 heteroatoms. The zero-order chi connectivity index (χ0) is 17.1. The number of hydrogen-bond acceptors (Lipinski definition) is 3. The first kappa shape index (κ1) is 3.74. The van der Waals surface area contributed by atoms with Crippen LogP contribution < -0.4 is 16.0 Å². The SMILES string of the molecule is [2H]C1([2H])NC([2H])([2H])C([2H])([2H])N(c2cc(C)cc(N)c2)C1([2H])[2H]. The maximum Gasteiger partial charge on any atom is 0.0506 e. The molecule has 0 bridgehead atoms. The Morgan fingerprint density at radius 1 is 1.36 bits per heavy atom. The van der Waals surface area contributed by atoms with Gasteiger partial charge >= 0.3 is 0 Å². The fourth-order valence-electron chi connectivity index (χ4n) is 1.28. The van der Waals surface area contributed by atoms with Crippen LogP contribution in [0.4, 0.5) is 11.4 Å². The molecule has 1 aromatic rings. The van der Waals surface area contributed by atoms with Crippen LogP contribution in [-0.2, 0) is 0 Å². The number of aryl methyl sites for hydroxylation is 1. The molecule has 0 atom stereocenters. The van der Waals surface area contributed by atoms with Gasteiger partial charge in [-0.15, -0.1) is 0 Å². The van der Waals surface area contributed by atoms with Gasteiger partial charge in [0.1, 0.15) is 0 Å². The van der Waals surface area contributed by atoms with Gasteiger partial charge in [-0.3, -0.25) is 0 Å². The third-order valence-electron chi connectivity index (χ3n) is 1.80. The molecule has 0 radical (unpaired) electrons. The van der Waals surface area contributed by atoms with Crippen LogP contribution in [0.25, 0.3) is 0 Å². The highest BCUT2D eigenvalue weighted by atomic mass is 15.2. The molecule has 0 saturated carbocycles. The molecule has 3 N–H and O–H groups in total. The maximum absolute atomic E-state index is 8.00. The van der Waals surface area contributed by atoms with Crippen LogP contribution in [0.5, 0.6) is 0 Å². The normalized spacial score (nSPS) is 39.9. The lowest BCUT2D eigenvalue weighted by molar-refractivity contribution is 0.589. The van der Waals surface area contributed by atoms with E-state index in [1.54, 1.807) is 18.3 Å². The molecule has 1 saturated heterocycles. The number of piperazine rings is 1. The first-order valence-corrected chi connectivity index (χ1v) is 4.19. The van der Waals surface area contributed by atoms with Gasteiger partial charge in [0.15, 0.2) is 0 Å². The minimum Gasteiger partial charge on any atom is -0.399 e. The third kappa shape index (κ3) is 1.99. The lowest BCUT2D eigenvalue weighted by Gasteiger charge is -2.29. The summed E-state index contributed by atoms with van der Waals surface area (Å²) in [6, 6.07) is 4.32. The van der Waals surface area contributed by atoms with Crippen LogP contribution in [0.15, 0.2) is 18.2 Å². The molecule has 1 aromatic carbocycles. The van der Waals surface area contributed by atoms with E-state index in [0.717, 1.165) is 0 Å². The monoisotopic (exact) mass is 199 g/mol. The predicted octanol–water partition coefficient (Wildman–Crippen LogP) is 0.987. The number of benzene rings is 1. The second-order valence-electron chi connectivity index (χ2n) is 3.04. The molecule has 1 fully saturated rings. The molecule has 0 unspecified atom stereocenters. The van der Waals surface area contributed by atoms with Crippen LogP contribution in [0, 0.1) is 6.92 Å². The van der Waals surface area contributed by atoms with Gasteiger partial charge in [-0.2, -0.15) is 0 Å². The second kappa shape index (κ2) is 3.88. The zero-order valence-corrected chi connectivity index (χ0v) is 7.76. The molecule has 14 heavy (non-hydrogen) atoms. The highest BCUT2D eigenvalue weighted by Crippen LogP contribution is 2.20. The van der Waals surface area contributed by atoms with E-state index in [9.17, 15) is 0 Å². The summed E-state index contributed by atoms with van der Waals surface area (Å²) in [5.74, 6) is 0. The van der Waals surface area contributed by atoms with E-state index in [1.165, 1.54) is 12.1 Å². The van der Waals surface area contributed by atoms with Crippen molar-refractivity contribution in [3.05, 3.63) is 23.8 Å². The summed E-state index contributed by atoms with van der Waals surface area (Å²) in [6.07, 6.45) is 0. The summed E-state index contributed by atoms with van der Waals surface area (Å²) < 4.78 is 63.0. The Bertz CT molecular complexity index is 555. The molecular weight excluding hydrogens is 174 g/mol. The van der Waals surface area contributed by atoms with Crippen molar-refractivity contribution >= 4 is 11.4 Å². The van der Waals surface area contributed by atoms with Gasteiger partial charge in [0, 0.05) is 42.8 Å². The highest BCUT2D eigenvalue weighted by molar-refractivity contribution is 5.58. The first-order chi connectivity index (χ1) is 9.72. The number of anilines is 2. The summed E-state index contributed by atoms with van der Waals surface area (Å²) >= 11 is 0. The molecule has 0 aromatic heterocycles. The Morgan fingerprint density at radius 3 is 2.71 bits per heavy atom. The lowest BCUT2D eigenvalue weighted by Crippen LogP contribution is -2.43. The van der Waals surface area contributed by atoms with Crippen molar-refractivity contribution < 1.29 is 11.0 Å². The third-order valence-corrected chi connectivity index (χ3v) is 1.80. The molecule has 3 nitrogen and oxygen atoms in total. The second-order valence-corrected chi connectivity index (χ2v) is 3.04. The minimum absolute atomic E-state index is 0.0262. The van der Waals surface area contributed by atoms with Gasteiger partial charge in [0.2, 0.25) is 0 Å². The summed E-state index contributed by atoms with van der Waals surface area (Å²) in [5, 5.41) is 1.79. The van der Waals surface area contributed by atoms with E-state index in [0.29, 0.717) is 10.5 Å². The summed E-state index contributed by atoms with van der Waals surface area (Å²) in [6.45, 7) is -9.65. The van der Waals surface area contributed by atoms with E-state index in [1.807, 2.05) is 0 Å². The Morgan fingerprint density at radius 2 is 2.07 bits per heavy atom. The molecule has 1 heterocycles. The van der Waals surface area contributed by atoms with E-state index in [4.69, 9.17) is 16.7 Å². The van der Waals surface area contributed by atoms with Gasteiger partial charge in [-0.25, -0.2) is 0 Å². The molecule has 0 aliphatic carbocycles. The minimum atomic E-state index is -2.84. The number of nitrogens with zero attached hydrogens (tertiary/aromatic N) is 1. The van der Waals surface area contributed by atoms with Crippen molar-refractivity contribution in [2.45, 2.75) is 6.92 Å². The smallest absolute Gasteiger partial charge is 0.0506 e. The first-order valence-electron chi connectivity index (χ1n) is 8.19. The molecule has 76 valence electrons. The molecule has 1 aliphatic rings. The van der Waals surface area contributed by atoms with Gasteiger partial charge < -0.3 is 16.0 Å². The topological polar surface area (TPSA) is 41.3 Å². The van der Waals surface area contributed by atoms with Crippen molar-refractivity contribution in [3.8, 4) is 0 Å². The quantitative estimate of drug-likeness (QED) is 0.663. The van der Waals surface area contributed by atoms with Crippen LogP contribution >= 0.6 is 0 Å². The lowest BCUT2D eigenvalue weighted by atomic mass is 10.1. The molecule has 1 aliphatic heterocycles. The van der Waals surface area contributed by atoms with Crippen molar-refractivity contribution in [2.75, 3.05) is 36.6 Å². The molecule has 0 spiro atoms. The Kier molecular flexibility index (Phi) is 1.04. The van der Waals surface area contributed by atoms with Crippen LogP contribution in [0.2, 0.25) is 0 Å². The van der Waals surface area contributed by atoms with Gasteiger partial charge in [0.05, 0.1) is 5.48 Å². The van der Waals surface area contributed by atoms with Crippen molar-refractivity contribution in [1.82, 2.24) is 5.32 Å². The van der Waals surface area contributed by atoms with Crippen molar-refractivity contribution in [2.24, 2.45) is 0 Å². The standard InChI is InChI=1S/C11H17N3/c1-9-6-10(12)8-11(7-9)14-4-2-13-3-5-14/h6-8,13H,2-5,12H2,1H3/i2D2,3D2,4D2,5D2. The maximum atomic E-state index is 8.00. The van der Waals surface area contributed by atoms with E-state index < -0.39 is 26.0 Å². The summed E-state index contributed by atoms with van der Waals surface area (Å²) in [7, 11) is 0. The van der Waals surface area contributed by atoms with Crippen molar-refractivity contribution in [3.63, 3.8) is 0 Å². The molecule has 2 rings (SSSR count). The summed E-state index contributed by atoms with van der Waals surface area (Å²) in [4.78, 5) is 0.472. The Labute approximate surface area is 96.1 Å². The van der Waals surface area contributed by atoms with Crippen LogP contribution in [-0.4, -0.2) is 26.0 Å². The van der Waals surface area contributed by atoms with Gasteiger partial charge in [-0.05, 0) is 30.7 Å². The van der Waals surface area contributed by atoms with Crippen LogP contribution in [0.1, 0.15) is 16.5 Å². The molecule has 0 amide bonds. The average Bonchev–Trinajstić information content (AvgIpc) is 2.22. The zero-order valence-electron chi connectivity index (χ0n) is 15.8. The van der Waals surface area contributed by atoms with Gasteiger partial charge in [-0.1, -0.05) is 0 Å². The largest absolute Gasteiger partial charge is 0.399 e. The average molecular weight is 199 g/mol. The fourth-order valence-corrected chi connectivity index (χ4v) is 1.28. The fraction of sp³-hybridized carbons (Fsp3) is 0.455. The highest BCUT2D eigenvalue weighted by Gasteiger charge is 2.10. The number of nitrogens with two attached hydrogens (primary N) is 1. The van der Waals surface area contributed by atoms with E-state index in [-0.39, 0.29) is 11.4 Å². The number of rotatable bonds is 1. The van der Waals surface area contributed by atoms with Gasteiger partial charge in [0.25, 0.3) is 0 Å². The number of nitrogens with one attached hydrogen (secondary N) is 1. The number of nitrogen functional groups attached to an aromatic ring is 1.